The lowest BCUT2D eigenvalue weighted by Crippen LogP contribution is -2.28. The molecule has 0 radical (unpaired) electrons. The Morgan fingerprint density at radius 3 is 2.74 bits per heavy atom. The van der Waals surface area contributed by atoms with E-state index in [9.17, 15) is 18.0 Å². The number of thiophene rings is 2. The highest BCUT2D eigenvalue weighted by Crippen LogP contribution is 2.33. The van der Waals surface area contributed by atoms with E-state index in [1.807, 2.05) is 22.9 Å². The van der Waals surface area contributed by atoms with E-state index in [0.29, 0.717) is 21.5 Å². The van der Waals surface area contributed by atoms with Crippen molar-refractivity contribution >= 4 is 54.5 Å². The molecule has 0 bridgehead atoms. The first kappa shape index (κ1) is 21.4. The molecular formula is C20H18N4O4S3. The number of fused-ring (bicyclic) bond motifs is 1. The molecule has 2 N–H and O–H groups in total. The van der Waals surface area contributed by atoms with Crippen molar-refractivity contribution < 1.29 is 13.2 Å². The van der Waals surface area contributed by atoms with Gasteiger partial charge >= 0.3 is 0 Å². The number of aromatic nitrogens is 2. The van der Waals surface area contributed by atoms with Gasteiger partial charge in [0.2, 0.25) is 15.9 Å². The highest BCUT2D eigenvalue weighted by atomic mass is 32.2. The topological polar surface area (TPSA) is 110 Å². The minimum atomic E-state index is -3.66. The van der Waals surface area contributed by atoms with Crippen LogP contribution in [0.25, 0.3) is 20.7 Å². The number of hydrogen-bond acceptors (Lipinski definition) is 7. The largest absolute Gasteiger partial charge is 0.324 e. The van der Waals surface area contributed by atoms with Gasteiger partial charge in [-0.1, -0.05) is 12.1 Å². The van der Waals surface area contributed by atoms with Crippen molar-refractivity contribution in [2.24, 2.45) is 0 Å². The van der Waals surface area contributed by atoms with Crippen molar-refractivity contribution in [3.8, 4) is 10.4 Å². The van der Waals surface area contributed by atoms with Crippen LogP contribution in [0.4, 0.5) is 5.69 Å². The zero-order valence-corrected chi connectivity index (χ0v) is 19.0. The maximum absolute atomic E-state index is 13.0. The summed E-state index contributed by atoms with van der Waals surface area (Å²) in [5.74, 6) is -0.465. The lowest BCUT2D eigenvalue weighted by Gasteiger charge is -2.11. The zero-order chi connectivity index (χ0) is 22.2. The first-order valence-electron chi connectivity index (χ1n) is 9.14. The van der Waals surface area contributed by atoms with Crippen LogP contribution >= 0.6 is 22.7 Å². The van der Waals surface area contributed by atoms with Gasteiger partial charge in [-0.05, 0) is 43.1 Å². The Morgan fingerprint density at radius 2 is 2.03 bits per heavy atom. The minimum Gasteiger partial charge on any atom is -0.324 e. The third-order valence-electron chi connectivity index (χ3n) is 4.69. The van der Waals surface area contributed by atoms with Gasteiger partial charge in [0.05, 0.1) is 16.6 Å². The third-order valence-corrected chi connectivity index (χ3v) is 8.04. The fraction of sp³-hybridized carbons (Fsp3) is 0.150. The lowest BCUT2D eigenvalue weighted by atomic mass is 10.2. The maximum Gasteiger partial charge on any atom is 0.263 e. The van der Waals surface area contributed by atoms with Crippen LogP contribution in [-0.2, 0) is 21.4 Å². The Hall–Kier alpha value is -2.86. The highest BCUT2D eigenvalue weighted by molar-refractivity contribution is 7.89. The molecule has 0 saturated carbocycles. The smallest absolute Gasteiger partial charge is 0.263 e. The molecule has 8 nitrogen and oxygen atoms in total. The summed E-state index contributed by atoms with van der Waals surface area (Å²) in [4.78, 5) is 31.6. The van der Waals surface area contributed by atoms with Crippen LogP contribution in [0.2, 0.25) is 0 Å². The average molecular weight is 475 g/mol. The molecule has 0 aliphatic carbocycles. The SMILES string of the molecule is CNS(=O)(=O)c1cc(NC(=O)Cn2cnc3scc(-c4cccs4)c3c2=O)ccc1C. The molecule has 4 rings (SSSR count). The van der Waals surface area contributed by atoms with Gasteiger partial charge in [0, 0.05) is 21.5 Å². The van der Waals surface area contributed by atoms with Crippen LogP contribution in [0, 0.1) is 6.92 Å². The van der Waals surface area contributed by atoms with Crippen LogP contribution in [0.1, 0.15) is 5.56 Å². The quantitative estimate of drug-likeness (QED) is 0.446. The Labute approximate surface area is 186 Å². The Kier molecular flexibility index (Phi) is 5.75. The Balaban J connectivity index is 1.61. The number of carbonyl (C=O) groups excluding carboxylic acids is 1. The van der Waals surface area contributed by atoms with E-state index in [1.54, 1.807) is 19.1 Å². The monoisotopic (exact) mass is 474 g/mol. The molecule has 1 aromatic carbocycles. The number of nitrogens with zero attached hydrogens (tertiary/aromatic N) is 2. The second-order valence-electron chi connectivity index (χ2n) is 6.72. The van der Waals surface area contributed by atoms with Crippen molar-refractivity contribution in [1.29, 1.82) is 0 Å². The van der Waals surface area contributed by atoms with E-state index in [4.69, 9.17) is 0 Å². The normalized spacial score (nSPS) is 11.7. The van der Waals surface area contributed by atoms with E-state index in [-0.39, 0.29) is 17.0 Å². The van der Waals surface area contributed by atoms with Gasteiger partial charge < -0.3 is 5.32 Å². The average Bonchev–Trinajstić information content (AvgIpc) is 3.41. The number of hydrogen-bond donors (Lipinski definition) is 2. The van der Waals surface area contributed by atoms with Gasteiger partial charge in [-0.3, -0.25) is 14.2 Å². The van der Waals surface area contributed by atoms with Crippen molar-refractivity contribution in [1.82, 2.24) is 14.3 Å². The number of benzene rings is 1. The summed E-state index contributed by atoms with van der Waals surface area (Å²) in [6.07, 6.45) is 1.35. The van der Waals surface area contributed by atoms with E-state index in [1.165, 1.54) is 46.7 Å². The summed E-state index contributed by atoms with van der Waals surface area (Å²) in [7, 11) is -2.34. The molecule has 0 fully saturated rings. The van der Waals surface area contributed by atoms with Crippen LogP contribution in [-0.4, -0.2) is 30.9 Å². The highest BCUT2D eigenvalue weighted by Gasteiger charge is 2.17. The molecule has 31 heavy (non-hydrogen) atoms. The summed E-state index contributed by atoms with van der Waals surface area (Å²) in [6, 6.07) is 8.45. The summed E-state index contributed by atoms with van der Waals surface area (Å²) in [5.41, 5.74) is 1.38. The molecule has 0 atom stereocenters. The third kappa shape index (κ3) is 4.17. The van der Waals surface area contributed by atoms with E-state index >= 15 is 0 Å². The zero-order valence-electron chi connectivity index (χ0n) is 16.6. The van der Waals surface area contributed by atoms with Crippen LogP contribution in [0.5, 0.6) is 0 Å². The number of aryl methyl sites for hydroxylation is 1. The first-order chi connectivity index (χ1) is 14.8. The van der Waals surface area contributed by atoms with Gasteiger partial charge in [-0.15, -0.1) is 22.7 Å². The minimum absolute atomic E-state index is 0.0758. The van der Waals surface area contributed by atoms with Crippen LogP contribution < -0.4 is 15.6 Å². The van der Waals surface area contributed by atoms with E-state index in [2.05, 4.69) is 15.0 Å². The van der Waals surface area contributed by atoms with Crippen LogP contribution in [0.3, 0.4) is 0 Å². The predicted molar refractivity (Wildman–Crippen MR) is 123 cm³/mol. The molecule has 0 spiro atoms. The molecule has 160 valence electrons. The van der Waals surface area contributed by atoms with Crippen molar-refractivity contribution in [2.75, 3.05) is 12.4 Å². The summed E-state index contributed by atoms with van der Waals surface area (Å²) < 4.78 is 27.8. The van der Waals surface area contributed by atoms with E-state index in [0.717, 1.165) is 10.4 Å². The molecule has 0 saturated heterocycles. The molecule has 0 unspecified atom stereocenters. The molecule has 4 aromatic rings. The van der Waals surface area contributed by atoms with Gasteiger partial charge in [-0.2, -0.15) is 0 Å². The molecular weight excluding hydrogens is 456 g/mol. The number of carbonyl (C=O) groups is 1. The fourth-order valence-electron chi connectivity index (χ4n) is 3.13. The molecule has 0 aliphatic rings. The Morgan fingerprint density at radius 1 is 1.23 bits per heavy atom. The number of rotatable bonds is 6. The van der Waals surface area contributed by atoms with E-state index < -0.39 is 15.9 Å². The van der Waals surface area contributed by atoms with Gasteiger partial charge in [0.25, 0.3) is 5.56 Å². The first-order valence-corrected chi connectivity index (χ1v) is 12.4. The lowest BCUT2D eigenvalue weighted by molar-refractivity contribution is -0.116. The number of sulfonamides is 1. The standard InChI is InChI=1S/C20H18N4O4S3/c1-12-5-6-13(8-16(12)31(27,28)21-2)23-17(25)9-24-11-22-19-18(20(24)26)14(10-30-19)15-4-3-7-29-15/h3-8,10-11,21H,9H2,1-2H3,(H,23,25). The molecule has 11 heteroatoms. The molecule has 0 aliphatic heterocycles. The van der Waals surface area contributed by atoms with Gasteiger partial charge in [0.15, 0.2) is 0 Å². The van der Waals surface area contributed by atoms with Crippen molar-refractivity contribution in [3.05, 3.63) is 63.3 Å². The second-order valence-corrected chi connectivity index (χ2v) is 10.4. The fourth-order valence-corrected chi connectivity index (χ4v) is 5.84. The predicted octanol–water partition coefficient (Wildman–Crippen LogP) is 3.04. The van der Waals surface area contributed by atoms with Gasteiger partial charge in [0.1, 0.15) is 11.4 Å². The second kappa shape index (κ2) is 8.35. The summed E-state index contributed by atoms with van der Waals surface area (Å²) in [6.45, 7) is 1.42. The number of nitrogens with one attached hydrogen (secondary N) is 2. The number of amides is 1. The molecule has 3 aromatic heterocycles. The number of anilines is 1. The maximum atomic E-state index is 13.0. The summed E-state index contributed by atoms with van der Waals surface area (Å²) >= 11 is 2.91. The Bertz CT molecular complexity index is 1440. The summed E-state index contributed by atoms with van der Waals surface area (Å²) in [5, 5.41) is 6.97. The molecule has 3 heterocycles. The van der Waals surface area contributed by atoms with Crippen molar-refractivity contribution in [3.63, 3.8) is 0 Å². The van der Waals surface area contributed by atoms with Crippen molar-refractivity contribution in [2.45, 2.75) is 18.4 Å². The van der Waals surface area contributed by atoms with Gasteiger partial charge in [-0.25, -0.2) is 18.1 Å². The molecule has 1 amide bonds. The van der Waals surface area contributed by atoms with Crippen LogP contribution in [0.15, 0.2) is 57.1 Å².